The van der Waals surface area contributed by atoms with Crippen LogP contribution in [0.15, 0.2) is 59.1 Å². The van der Waals surface area contributed by atoms with Gasteiger partial charge in [0.15, 0.2) is 5.76 Å². The molecule has 3 aromatic rings. The number of aromatic nitrogens is 1. The highest BCUT2D eigenvalue weighted by Gasteiger charge is 2.29. The van der Waals surface area contributed by atoms with E-state index in [1.807, 2.05) is 18.2 Å². The van der Waals surface area contributed by atoms with Crippen molar-refractivity contribution in [3.63, 3.8) is 0 Å². The smallest absolute Gasteiger partial charge is 0.287 e. The first-order valence-corrected chi connectivity index (χ1v) is 11.8. The highest BCUT2D eigenvalue weighted by atomic mass is 35.5. The van der Waals surface area contributed by atoms with Crippen molar-refractivity contribution in [1.29, 1.82) is 0 Å². The van der Waals surface area contributed by atoms with Gasteiger partial charge in [0, 0.05) is 43.1 Å². The molecule has 1 aromatic carbocycles. The second-order valence-electron chi connectivity index (χ2n) is 8.62. The number of benzene rings is 1. The highest BCUT2D eigenvalue weighted by molar-refractivity contribution is 6.30. The summed E-state index contributed by atoms with van der Waals surface area (Å²) < 4.78 is 8.25. The Morgan fingerprint density at radius 2 is 1.84 bits per heavy atom. The SMILES string of the molecule is O=C(NCCN1CCCC1)c1ccc(CN2CCn3cccc3C2c2ccc(Cl)cc2)o1. The van der Waals surface area contributed by atoms with E-state index in [4.69, 9.17) is 16.0 Å². The van der Waals surface area contributed by atoms with Crippen LogP contribution in [0.3, 0.4) is 0 Å². The standard InChI is InChI=1S/C25H29ClN4O2/c26-20-7-5-19(6-8-20)24-22-4-3-14-29(22)16-17-30(24)18-21-9-10-23(32-21)25(31)27-11-15-28-12-1-2-13-28/h3-10,14,24H,1-2,11-13,15-18H2,(H,27,31). The molecule has 0 radical (unpaired) electrons. The van der Waals surface area contributed by atoms with Gasteiger partial charge in [-0.2, -0.15) is 0 Å². The molecule has 1 N–H and O–H groups in total. The van der Waals surface area contributed by atoms with E-state index in [1.165, 1.54) is 24.1 Å². The summed E-state index contributed by atoms with van der Waals surface area (Å²) in [6.07, 6.45) is 4.65. The fourth-order valence-electron chi connectivity index (χ4n) is 4.83. The normalized spacial score (nSPS) is 19.2. The van der Waals surface area contributed by atoms with Crippen LogP contribution < -0.4 is 5.32 Å². The van der Waals surface area contributed by atoms with Crippen molar-refractivity contribution in [2.45, 2.75) is 32.0 Å². The minimum atomic E-state index is -0.141. The number of carbonyl (C=O) groups is 1. The molecule has 1 unspecified atom stereocenters. The Hall–Kier alpha value is -2.54. The molecule has 4 heterocycles. The van der Waals surface area contributed by atoms with Crippen LogP contribution in [0.4, 0.5) is 0 Å². The average molecular weight is 453 g/mol. The van der Waals surface area contributed by atoms with E-state index in [9.17, 15) is 4.79 Å². The molecule has 7 heteroatoms. The largest absolute Gasteiger partial charge is 0.455 e. The lowest BCUT2D eigenvalue weighted by molar-refractivity contribution is 0.0915. The maximum absolute atomic E-state index is 12.5. The first-order chi connectivity index (χ1) is 15.7. The van der Waals surface area contributed by atoms with Crippen LogP contribution in [0.1, 0.15) is 46.5 Å². The number of rotatable bonds is 7. The van der Waals surface area contributed by atoms with Crippen molar-refractivity contribution < 1.29 is 9.21 Å². The molecule has 1 amide bonds. The number of fused-ring (bicyclic) bond motifs is 1. The van der Waals surface area contributed by atoms with Gasteiger partial charge in [0.05, 0.1) is 12.6 Å². The van der Waals surface area contributed by atoms with Gasteiger partial charge in [0.2, 0.25) is 0 Å². The predicted octanol–water partition coefficient (Wildman–Crippen LogP) is 4.17. The molecule has 2 aromatic heterocycles. The van der Waals surface area contributed by atoms with Gasteiger partial charge in [0.25, 0.3) is 5.91 Å². The molecule has 6 nitrogen and oxygen atoms in total. The van der Waals surface area contributed by atoms with Crippen LogP contribution in [0.5, 0.6) is 0 Å². The maximum atomic E-state index is 12.5. The average Bonchev–Trinajstić information content (AvgIpc) is 3.56. The van der Waals surface area contributed by atoms with E-state index in [1.54, 1.807) is 6.07 Å². The lowest BCUT2D eigenvalue weighted by atomic mass is 10.00. The van der Waals surface area contributed by atoms with Crippen LogP contribution in [-0.2, 0) is 13.1 Å². The van der Waals surface area contributed by atoms with E-state index < -0.39 is 0 Å². The third-order valence-electron chi connectivity index (χ3n) is 6.48. The van der Waals surface area contributed by atoms with Crippen LogP contribution in [-0.4, -0.2) is 53.0 Å². The van der Waals surface area contributed by atoms with E-state index in [0.717, 1.165) is 43.5 Å². The van der Waals surface area contributed by atoms with Gasteiger partial charge in [-0.15, -0.1) is 0 Å². The minimum Gasteiger partial charge on any atom is -0.455 e. The van der Waals surface area contributed by atoms with Gasteiger partial charge >= 0.3 is 0 Å². The number of likely N-dealkylation sites (tertiary alicyclic amines) is 1. The molecule has 0 bridgehead atoms. The Labute approximate surface area is 193 Å². The summed E-state index contributed by atoms with van der Waals surface area (Å²) in [6, 6.07) is 16.1. The molecule has 0 spiro atoms. The van der Waals surface area contributed by atoms with Gasteiger partial charge in [-0.25, -0.2) is 0 Å². The number of amides is 1. The summed E-state index contributed by atoms with van der Waals surface area (Å²) >= 11 is 6.13. The first-order valence-electron chi connectivity index (χ1n) is 11.4. The Kier molecular flexibility index (Phi) is 6.35. The molecule has 0 saturated carbocycles. The number of hydrogen-bond acceptors (Lipinski definition) is 4. The van der Waals surface area contributed by atoms with E-state index >= 15 is 0 Å². The van der Waals surface area contributed by atoms with Gasteiger partial charge in [-0.3, -0.25) is 9.69 Å². The summed E-state index contributed by atoms with van der Waals surface area (Å²) in [4.78, 5) is 17.3. The fraction of sp³-hybridized carbons (Fsp3) is 0.400. The highest BCUT2D eigenvalue weighted by Crippen LogP contribution is 2.34. The second kappa shape index (κ2) is 9.53. The third kappa shape index (κ3) is 4.63. The summed E-state index contributed by atoms with van der Waals surface area (Å²) in [5, 5.41) is 3.72. The van der Waals surface area contributed by atoms with Gasteiger partial charge < -0.3 is 19.2 Å². The number of nitrogens with one attached hydrogen (secondary N) is 1. The Balaban J connectivity index is 1.26. The van der Waals surface area contributed by atoms with Crippen LogP contribution >= 0.6 is 11.6 Å². The van der Waals surface area contributed by atoms with Crippen molar-refractivity contribution in [3.05, 3.63) is 82.5 Å². The van der Waals surface area contributed by atoms with Gasteiger partial charge in [-0.1, -0.05) is 23.7 Å². The van der Waals surface area contributed by atoms with Crippen LogP contribution in [0.2, 0.25) is 5.02 Å². The Bertz CT molecular complexity index is 1050. The van der Waals surface area contributed by atoms with Crippen LogP contribution in [0.25, 0.3) is 0 Å². The zero-order chi connectivity index (χ0) is 21.9. The van der Waals surface area contributed by atoms with Crippen LogP contribution in [0, 0.1) is 0 Å². The summed E-state index contributed by atoms with van der Waals surface area (Å²) in [5.41, 5.74) is 2.45. The molecule has 5 rings (SSSR count). The van der Waals surface area contributed by atoms with Crippen molar-refractivity contribution in [1.82, 2.24) is 19.7 Å². The molecule has 1 fully saturated rings. The predicted molar refractivity (Wildman–Crippen MR) is 125 cm³/mol. The molecule has 168 valence electrons. The lowest BCUT2D eigenvalue weighted by Gasteiger charge is -2.36. The molecule has 2 aliphatic rings. The van der Waals surface area contributed by atoms with Gasteiger partial charge in [-0.05, 0) is 67.9 Å². The number of furan rings is 1. The molecule has 2 aliphatic heterocycles. The molecular formula is C25H29ClN4O2. The topological polar surface area (TPSA) is 53.7 Å². The van der Waals surface area contributed by atoms with Crippen molar-refractivity contribution in [2.24, 2.45) is 0 Å². The third-order valence-corrected chi connectivity index (χ3v) is 6.73. The number of halogens is 1. The second-order valence-corrected chi connectivity index (χ2v) is 9.06. The number of nitrogens with zero attached hydrogens (tertiary/aromatic N) is 3. The zero-order valence-corrected chi connectivity index (χ0v) is 18.9. The summed E-state index contributed by atoms with van der Waals surface area (Å²) in [6.45, 7) is 6.28. The molecule has 1 saturated heterocycles. The minimum absolute atomic E-state index is 0.110. The Morgan fingerprint density at radius 3 is 2.66 bits per heavy atom. The molecule has 32 heavy (non-hydrogen) atoms. The zero-order valence-electron chi connectivity index (χ0n) is 18.2. The van der Waals surface area contributed by atoms with Crippen molar-refractivity contribution >= 4 is 17.5 Å². The van der Waals surface area contributed by atoms with Gasteiger partial charge in [0.1, 0.15) is 5.76 Å². The number of carbonyl (C=O) groups excluding carboxylic acids is 1. The first kappa shape index (κ1) is 21.3. The molecule has 1 atom stereocenters. The lowest BCUT2D eigenvalue weighted by Crippen LogP contribution is -2.37. The molecular weight excluding hydrogens is 424 g/mol. The van der Waals surface area contributed by atoms with E-state index in [-0.39, 0.29) is 11.9 Å². The van der Waals surface area contributed by atoms with E-state index in [0.29, 0.717) is 18.8 Å². The van der Waals surface area contributed by atoms with Crippen molar-refractivity contribution in [3.8, 4) is 0 Å². The number of hydrogen-bond donors (Lipinski definition) is 1. The summed E-state index contributed by atoms with van der Waals surface area (Å²) in [5.74, 6) is 1.04. The maximum Gasteiger partial charge on any atom is 0.287 e. The van der Waals surface area contributed by atoms with Crippen molar-refractivity contribution in [2.75, 3.05) is 32.7 Å². The fourth-order valence-corrected chi connectivity index (χ4v) is 4.96. The summed E-state index contributed by atoms with van der Waals surface area (Å²) in [7, 11) is 0. The molecule has 0 aliphatic carbocycles. The monoisotopic (exact) mass is 452 g/mol. The quantitative estimate of drug-likeness (QED) is 0.584. The Morgan fingerprint density at radius 1 is 1.03 bits per heavy atom. The van der Waals surface area contributed by atoms with E-state index in [2.05, 4.69) is 50.1 Å².